The van der Waals surface area contributed by atoms with E-state index in [2.05, 4.69) is 121 Å². The molecular formula is C38H38N2. The predicted octanol–water partition coefficient (Wildman–Crippen LogP) is 10.0. The molecule has 3 aromatic carbocycles. The van der Waals surface area contributed by atoms with E-state index in [0.717, 1.165) is 11.3 Å². The summed E-state index contributed by atoms with van der Waals surface area (Å²) in [6.07, 6.45) is 16.2. The van der Waals surface area contributed by atoms with Crippen LogP contribution in [0.25, 0.3) is 38.8 Å². The van der Waals surface area contributed by atoms with Gasteiger partial charge in [0.15, 0.2) is 0 Å². The topological polar surface area (TPSA) is 17.0 Å². The molecule has 0 aliphatic heterocycles. The Bertz CT molecular complexity index is 1750. The highest BCUT2D eigenvalue weighted by Crippen LogP contribution is 2.48. The molecule has 7 rings (SSSR count). The molecule has 1 aromatic heterocycles. The minimum Gasteiger partial charge on any atom is -0.373 e. The lowest BCUT2D eigenvalue weighted by Crippen LogP contribution is -2.29. The maximum Gasteiger partial charge on any atom is 0.0696 e. The van der Waals surface area contributed by atoms with E-state index in [9.17, 15) is 0 Å². The van der Waals surface area contributed by atoms with Crippen LogP contribution in [-0.4, -0.2) is 10.6 Å². The van der Waals surface area contributed by atoms with Crippen LogP contribution in [0.1, 0.15) is 75.0 Å². The fraction of sp³-hybridized carbons (Fsp3) is 0.263. The zero-order chi connectivity index (χ0) is 27.2. The number of nitrogens with one attached hydrogen (secondary N) is 1. The molecular weight excluding hydrogens is 484 g/mol. The number of hydrogen-bond donors (Lipinski definition) is 1. The van der Waals surface area contributed by atoms with Gasteiger partial charge in [-0.15, -0.1) is 0 Å². The summed E-state index contributed by atoms with van der Waals surface area (Å²) in [5.74, 6) is 0.687. The molecule has 1 saturated carbocycles. The highest BCUT2D eigenvalue weighted by atomic mass is 15.0. The third-order valence-corrected chi connectivity index (χ3v) is 9.11. The lowest BCUT2D eigenvalue weighted by molar-refractivity contribution is 0.713. The van der Waals surface area contributed by atoms with Gasteiger partial charge in [-0.05, 0) is 104 Å². The second kappa shape index (κ2) is 10.2. The molecule has 0 amide bonds. The zero-order valence-electron chi connectivity index (χ0n) is 23.7. The first-order valence-corrected chi connectivity index (χ1v) is 14.9. The lowest BCUT2D eigenvalue weighted by atomic mass is 9.84. The van der Waals surface area contributed by atoms with E-state index in [1.54, 1.807) is 16.7 Å². The van der Waals surface area contributed by atoms with Crippen molar-refractivity contribution < 1.29 is 0 Å². The summed E-state index contributed by atoms with van der Waals surface area (Å²) in [5.41, 5.74) is 13.5. The minimum absolute atomic E-state index is 0.0538. The maximum absolute atomic E-state index is 4.33. The third kappa shape index (κ3) is 4.36. The first-order chi connectivity index (χ1) is 19.6. The van der Waals surface area contributed by atoms with Crippen molar-refractivity contribution in [1.29, 1.82) is 0 Å². The molecule has 0 spiro atoms. The van der Waals surface area contributed by atoms with Gasteiger partial charge in [0.25, 0.3) is 0 Å². The average molecular weight is 523 g/mol. The van der Waals surface area contributed by atoms with Crippen molar-refractivity contribution in [3.05, 3.63) is 125 Å². The molecule has 1 atom stereocenters. The summed E-state index contributed by atoms with van der Waals surface area (Å²) in [4.78, 5) is 0. The van der Waals surface area contributed by atoms with E-state index >= 15 is 0 Å². The summed E-state index contributed by atoms with van der Waals surface area (Å²) in [6.45, 7) is 8.96. The monoisotopic (exact) mass is 522 g/mol. The van der Waals surface area contributed by atoms with E-state index in [-0.39, 0.29) is 6.04 Å². The number of hydrogen-bond acceptors (Lipinski definition) is 1. The van der Waals surface area contributed by atoms with E-state index in [1.807, 2.05) is 0 Å². The van der Waals surface area contributed by atoms with Crippen LogP contribution in [0.15, 0.2) is 109 Å². The molecule has 40 heavy (non-hydrogen) atoms. The van der Waals surface area contributed by atoms with Gasteiger partial charge in [0.05, 0.1) is 22.8 Å². The quantitative estimate of drug-likeness (QED) is 0.267. The van der Waals surface area contributed by atoms with Crippen LogP contribution in [0.5, 0.6) is 0 Å². The second-order valence-electron chi connectivity index (χ2n) is 11.8. The van der Waals surface area contributed by atoms with Crippen molar-refractivity contribution >= 4 is 38.8 Å². The molecule has 2 nitrogen and oxygen atoms in total. The Morgan fingerprint density at radius 2 is 1.65 bits per heavy atom. The standard InChI is InChI=1S/C38H38N2/c1-25-13-7-9-17-30(25)33-23-34-31-18-10-12-20-36(31)40(37(34)24-32(33)28-21-22-28)27(3)38(29-15-5-4-6-16-29)39-35-19-11-8-14-26(35)2/h4-6,8,10-12,14-16,18-20,23-24,28,35,39H,2,7,9,13,17,21-22H2,1,3H3/b38-27+. The fourth-order valence-electron chi connectivity index (χ4n) is 6.80. The fourth-order valence-corrected chi connectivity index (χ4v) is 6.80. The maximum atomic E-state index is 4.33. The smallest absolute Gasteiger partial charge is 0.0696 e. The Labute approximate surface area is 238 Å². The third-order valence-electron chi connectivity index (χ3n) is 9.11. The van der Waals surface area contributed by atoms with Crippen LogP contribution >= 0.6 is 0 Å². The SMILES string of the molecule is C=C1C=CC=CC1N/C(=C(\C)n1c2ccccc2c2cc(C3=C(C)CCCC3)c(C3CC3)cc21)c1ccccc1. The van der Waals surface area contributed by atoms with Crippen LogP contribution in [0.2, 0.25) is 0 Å². The molecule has 0 radical (unpaired) electrons. The Kier molecular flexibility index (Phi) is 6.35. The number of nitrogens with zero attached hydrogens (tertiary/aromatic N) is 1. The number of allylic oxidation sites excluding steroid dienone is 5. The van der Waals surface area contributed by atoms with Gasteiger partial charge in [0.2, 0.25) is 0 Å². The zero-order valence-corrected chi connectivity index (χ0v) is 23.7. The number of fused-ring (bicyclic) bond motifs is 3. The number of benzene rings is 3. The summed E-state index contributed by atoms with van der Waals surface area (Å²) in [7, 11) is 0. The van der Waals surface area contributed by atoms with Gasteiger partial charge in [-0.25, -0.2) is 0 Å². The van der Waals surface area contributed by atoms with Crippen molar-refractivity contribution in [1.82, 2.24) is 9.88 Å². The highest BCUT2D eigenvalue weighted by molar-refractivity contribution is 6.12. The number of para-hydroxylation sites is 1. The van der Waals surface area contributed by atoms with Crippen LogP contribution < -0.4 is 5.32 Å². The summed E-state index contributed by atoms with van der Waals surface area (Å²) < 4.78 is 2.50. The van der Waals surface area contributed by atoms with Crippen molar-refractivity contribution in [2.24, 2.45) is 0 Å². The Morgan fingerprint density at radius 3 is 2.42 bits per heavy atom. The molecule has 1 heterocycles. The Hall–Kier alpha value is -4.04. The van der Waals surface area contributed by atoms with Gasteiger partial charge < -0.3 is 9.88 Å². The van der Waals surface area contributed by atoms with Gasteiger partial charge in [0, 0.05) is 16.5 Å². The Balaban J connectivity index is 1.50. The number of aromatic nitrogens is 1. The molecule has 0 bridgehead atoms. The van der Waals surface area contributed by atoms with E-state index < -0.39 is 0 Å². The Morgan fingerprint density at radius 1 is 0.875 bits per heavy atom. The molecule has 3 aliphatic rings. The second-order valence-corrected chi connectivity index (χ2v) is 11.8. The van der Waals surface area contributed by atoms with Gasteiger partial charge in [-0.3, -0.25) is 0 Å². The van der Waals surface area contributed by atoms with Crippen LogP contribution in [0.4, 0.5) is 0 Å². The van der Waals surface area contributed by atoms with E-state index in [1.165, 1.54) is 77.2 Å². The summed E-state index contributed by atoms with van der Waals surface area (Å²) in [6, 6.07) is 24.8. The predicted molar refractivity (Wildman–Crippen MR) is 172 cm³/mol. The molecule has 4 aromatic rings. The van der Waals surface area contributed by atoms with Crippen molar-refractivity contribution in [2.75, 3.05) is 0 Å². The number of rotatable bonds is 6. The van der Waals surface area contributed by atoms with Crippen LogP contribution in [0, 0.1) is 0 Å². The van der Waals surface area contributed by atoms with E-state index in [4.69, 9.17) is 0 Å². The van der Waals surface area contributed by atoms with E-state index in [0.29, 0.717) is 5.92 Å². The first-order valence-electron chi connectivity index (χ1n) is 14.9. The van der Waals surface area contributed by atoms with Gasteiger partial charge in [-0.1, -0.05) is 85.0 Å². The van der Waals surface area contributed by atoms with Crippen molar-refractivity contribution in [2.45, 2.75) is 64.3 Å². The van der Waals surface area contributed by atoms with Gasteiger partial charge >= 0.3 is 0 Å². The van der Waals surface area contributed by atoms with Gasteiger partial charge in [0.1, 0.15) is 0 Å². The van der Waals surface area contributed by atoms with Crippen LogP contribution in [0.3, 0.4) is 0 Å². The van der Waals surface area contributed by atoms with Gasteiger partial charge in [-0.2, -0.15) is 0 Å². The molecule has 1 unspecified atom stereocenters. The normalized spacial score (nSPS) is 19.9. The summed E-state index contributed by atoms with van der Waals surface area (Å²) >= 11 is 0. The van der Waals surface area contributed by atoms with Crippen LogP contribution in [-0.2, 0) is 0 Å². The lowest BCUT2D eigenvalue weighted by Gasteiger charge is -2.24. The first kappa shape index (κ1) is 25.0. The minimum atomic E-state index is 0.0538. The molecule has 1 fully saturated rings. The molecule has 1 N–H and O–H groups in total. The van der Waals surface area contributed by atoms with Crippen molar-refractivity contribution in [3.63, 3.8) is 0 Å². The average Bonchev–Trinajstić information content (AvgIpc) is 3.78. The largest absolute Gasteiger partial charge is 0.373 e. The highest BCUT2D eigenvalue weighted by Gasteiger charge is 2.30. The molecule has 2 heteroatoms. The molecule has 0 saturated heterocycles. The van der Waals surface area contributed by atoms with Crippen molar-refractivity contribution in [3.8, 4) is 0 Å². The molecule has 3 aliphatic carbocycles. The summed E-state index contributed by atoms with van der Waals surface area (Å²) in [5, 5.41) is 6.56. The molecule has 200 valence electrons.